The Kier molecular flexibility index (Phi) is 2.53. The first-order chi connectivity index (χ1) is 7.86. The topological polar surface area (TPSA) is 38.1 Å². The molecule has 2 aromatic rings. The molecule has 1 aromatic heterocycles. The predicted molar refractivity (Wildman–Crippen MR) is 65.0 cm³/mol. The smallest absolute Gasteiger partial charge is 0.143 e. The van der Waals surface area contributed by atoms with Crippen molar-refractivity contribution in [2.75, 3.05) is 6.54 Å². The van der Waals surface area contributed by atoms with E-state index in [9.17, 15) is 0 Å². The predicted octanol–water partition coefficient (Wildman–Crippen LogP) is 2.75. The standard InChI is InChI=1S/C12H11BrN2O/c13-10-4-2-1-3-8(10)12-9-7-14-6-5-11(9)16-15-12/h1-4,14H,5-7H2. The van der Waals surface area contributed by atoms with E-state index in [1.54, 1.807) is 0 Å². The molecule has 0 unspecified atom stereocenters. The molecule has 0 amide bonds. The summed E-state index contributed by atoms with van der Waals surface area (Å²) in [6, 6.07) is 8.08. The Morgan fingerprint density at radius 2 is 2.19 bits per heavy atom. The fourth-order valence-corrected chi connectivity index (χ4v) is 2.47. The lowest BCUT2D eigenvalue weighted by Gasteiger charge is -2.11. The van der Waals surface area contributed by atoms with E-state index < -0.39 is 0 Å². The van der Waals surface area contributed by atoms with Crippen LogP contribution in [-0.4, -0.2) is 11.7 Å². The molecule has 1 aliphatic heterocycles. The van der Waals surface area contributed by atoms with Crippen molar-refractivity contribution in [1.82, 2.24) is 10.5 Å². The van der Waals surface area contributed by atoms with Gasteiger partial charge in [-0.3, -0.25) is 0 Å². The second-order valence-corrected chi connectivity index (χ2v) is 4.69. The van der Waals surface area contributed by atoms with Gasteiger partial charge in [-0.1, -0.05) is 39.3 Å². The first-order valence-electron chi connectivity index (χ1n) is 5.29. The molecule has 2 heterocycles. The average molecular weight is 279 g/mol. The van der Waals surface area contributed by atoms with E-state index in [-0.39, 0.29) is 0 Å². The van der Waals surface area contributed by atoms with Gasteiger partial charge in [0.1, 0.15) is 11.5 Å². The van der Waals surface area contributed by atoms with Gasteiger partial charge in [0.05, 0.1) is 0 Å². The quantitative estimate of drug-likeness (QED) is 0.872. The third-order valence-corrected chi connectivity index (χ3v) is 3.52. The Bertz CT molecular complexity index is 521. The second kappa shape index (κ2) is 4.03. The molecular formula is C12H11BrN2O. The molecule has 0 spiro atoms. The lowest BCUT2D eigenvalue weighted by molar-refractivity contribution is 0.374. The highest BCUT2D eigenvalue weighted by molar-refractivity contribution is 9.10. The Labute approximate surface area is 102 Å². The van der Waals surface area contributed by atoms with Crippen LogP contribution in [0.1, 0.15) is 11.3 Å². The van der Waals surface area contributed by atoms with Gasteiger partial charge in [-0.25, -0.2) is 0 Å². The largest absolute Gasteiger partial charge is 0.360 e. The summed E-state index contributed by atoms with van der Waals surface area (Å²) in [5, 5.41) is 7.53. The number of benzene rings is 1. The second-order valence-electron chi connectivity index (χ2n) is 3.84. The molecule has 0 atom stereocenters. The SMILES string of the molecule is Brc1ccccc1-c1noc2c1CNCC2. The first kappa shape index (κ1) is 10.1. The normalized spacial score (nSPS) is 14.8. The van der Waals surface area contributed by atoms with Crippen molar-refractivity contribution in [2.24, 2.45) is 0 Å². The molecule has 0 radical (unpaired) electrons. The van der Waals surface area contributed by atoms with Crippen molar-refractivity contribution in [2.45, 2.75) is 13.0 Å². The molecule has 1 aliphatic rings. The highest BCUT2D eigenvalue weighted by Gasteiger charge is 2.20. The summed E-state index contributed by atoms with van der Waals surface area (Å²) in [6.45, 7) is 1.81. The summed E-state index contributed by atoms with van der Waals surface area (Å²) in [4.78, 5) is 0. The number of rotatable bonds is 1. The van der Waals surface area contributed by atoms with Crippen LogP contribution in [0, 0.1) is 0 Å². The number of nitrogens with zero attached hydrogens (tertiary/aromatic N) is 1. The Morgan fingerprint density at radius 1 is 1.31 bits per heavy atom. The van der Waals surface area contributed by atoms with E-state index in [1.165, 1.54) is 5.56 Å². The van der Waals surface area contributed by atoms with Crippen LogP contribution in [0.3, 0.4) is 0 Å². The van der Waals surface area contributed by atoms with Crippen molar-refractivity contribution in [3.63, 3.8) is 0 Å². The van der Waals surface area contributed by atoms with Crippen LogP contribution < -0.4 is 5.32 Å². The van der Waals surface area contributed by atoms with Gasteiger partial charge < -0.3 is 9.84 Å². The molecule has 1 aromatic carbocycles. The number of hydrogen-bond donors (Lipinski definition) is 1. The summed E-state index contributed by atoms with van der Waals surface area (Å²) in [5.41, 5.74) is 3.24. The molecular weight excluding hydrogens is 268 g/mol. The number of halogens is 1. The minimum atomic E-state index is 0.843. The molecule has 4 heteroatoms. The number of fused-ring (bicyclic) bond motifs is 1. The third kappa shape index (κ3) is 1.58. The van der Waals surface area contributed by atoms with Gasteiger partial charge in [-0.2, -0.15) is 0 Å². The van der Waals surface area contributed by atoms with Gasteiger partial charge in [-0.15, -0.1) is 0 Å². The fraction of sp³-hybridized carbons (Fsp3) is 0.250. The zero-order valence-electron chi connectivity index (χ0n) is 8.66. The molecule has 1 N–H and O–H groups in total. The van der Waals surface area contributed by atoms with Crippen molar-refractivity contribution >= 4 is 15.9 Å². The first-order valence-corrected chi connectivity index (χ1v) is 6.08. The van der Waals surface area contributed by atoms with E-state index in [2.05, 4.69) is 32.5 Å². The van der Waals surface area contributed by atoms with Crippen molar-refractivity contribution < 1.29 is 4.52 Å². The van der Waals surface area contributed by atoms with Crippen LogP contribution in [0.25, 0.3) is 11.3 Å². The van der Waals surface area contributed by atoms with Gasteiger partial charge in [-0.05, 0) is 6.07 Å². The summed E-state index contributed by atoms with van der Waals surface area (Å²) in [7, 11) is 0. The average Bonchev–Trinajstić information content (AvgIpc) is 2.74. The maximum Gasteiger partial charge on any atom is 0.143 e. The molecule has 16 heavy (non-hydrogen) atoms. The molecule has 0 saturated heterocycles. The molecule has 0 fully saturated rings. The zero-order valence-corrected chi connectivity index (χ0v) is 10.3. The van der Waals surface area contributed by atoms with E-state index in [4.69, 9.17) is 4.52 Å². The molecule has 0 saturated carbocycles. The minimum Gasteiger partial charge on any atom is -0.360 e. The van der Waals surface area contributed by atoms with Gasteiger partial charge in [0.25, 0.3) is 0 Å². The summed E-state index contributed by atoms with van der Waals surface area (Å²) in [6.07, 6.45) is 0.923. The molecule has 3 rings (SSSR count). The van der Waals surface area contributed by atoms with Gasteiger partial charge in [0.2, 0.25) is 0 Å². The summed E-state index contributed by atoms with van der Waals surface area (Å²) >= 11 is 3.54. The Hall–Kier alpha value is -1.13. The van der Waals surface area contributed by atoms with Crippen LogP contribution in [0.15, 0.2) is 33.3 Å². The minimum absolute atomic E-state index is 0.843. The lowest BCUT2D eigenvalue weighted by Crippen LogP contribution is -2.22. The summed E-state index contributed by atoms with van der Waals surface area (Å²) < 4.78 is 6.44. The lowest BCUT2D eigenvalue weighted by atomic mass is 10.0. The van der Waals surface area contributed by atoms with Crippen molar-refractivity contribution in [3.8, 4) is 11.3 Å². The molecule has 0 bridgehead atoms. The maximum absolute atomic E-state index is 5.39. The number of aromatic nitrogens is 1. The van der Waals surface area contributed by atoms with Crippen LogP contribution >= 0.6 is 15.9 Å². The monoisotopic (exact) mass is 278 g/mol. The van der Waals surface area contributed by atoms with E-state index in [0.717, 1.165) is 41.0 Å². The van der Waals surface area contributed by atoms with Crippen LogP contribution in [0.4, 0.5) is 0 Å². The van der Waals surface area contributed by atoms with Crippen molar-refractivity contribution in [1.29, 1.82) is 0 Å². The highest BCUT2D eigenvalue weighted by Crippen LogP contribution is 2.32. The van der Waals surface area contributed by atoms with E-state index in [1.807, 2.05) is 18.2 Å². The third-order valence-electron chi connectivity index (χ3n) is 2.83. The Balaban J connectivity index is 2.13. The van der Waals surface area contributed by atoms with E-state index in [0.29, 0.717) is 0 Å². The van der Waals surface area contributed by atoms with Crippen LogP contribution in [0.2, 0.25) is 0 Å². The van der Waals surface area contributed by atoms with Gasteiger partial charge in [0.15, 0.2) is 0 Å². The number of nitrogens with one attached hydrogen (secondary N) is 1. The zero-order chi connectivity index (χ0) is 11.0. The molecule has 3 nitrogen and oxygen atoms in total. The van der Waals surface area contributed by atoms with Gasteiger partial charge in [0, 0.05) is 35.1 Å². The highest BCUT2D eigenvalue weighted by atomic mass is 79.9. The molecule has 82 valence electrons. The Morgan fingerprint density at radius 3 is 3.06 bits per heavy atom. The van der Waals surface area contributed by atoms with Gasteiger partial charge >= 0.3 is 0 Å². The number of hydrogen-bond acceptors (Lipinski definition) is 3. The van der Waals surface area contributed by atoms with Crippen molar-refractivity contribution in [3.05, 3.63) is 40.1 Å². The van der Waals surface area contributed by atoms with Crippen LogP contribution in [-0.2, 0) is 13.0 Å². The fourth-order valence-electron chi connectivity index (χ4n) is 2.00. The van der Waals surface area contributed by atoms with Crippen LogP contribution in [0.5, 0.6) is 0 Å². The summed E-state index contributed by atoms with van der Waals surface area (Å²) in [5.74, 6) is 1.02. The maximum atomic E-state index is 5.39. The van der Waals surface area contributed by atoms with E-state index >= 15 is 0 Å². The molecule has 0 aliphatic carbocycles.